The molecule has 1 aliphatic rings. The molecule has 1 saturated heterocycles. The molecule has 0 unspecified atom stereocenters. The first-order valence-electron chi connectivity index (χ1n) is 6.73. The van der Waals surface area contributed by atoms with E-state index in [2.05, 4.69) is 21.6 Å². The van der Waals surface area contributed by atoms with Crippen molar-refractivity contribution in [3.8, 4) is 0 Å². The van der Waals surface area contributed by atoms with E-state index in [4.69, 9.17) is 5.73 Å². The van der Waals surface area contributed by atoms with Crippen molar-refractivity contribution in [1.29, 1.82) is 0 Å². The molecule has 1 fully saturated rings. The number of hydrogen-bond acceptors (Lipinski definition) is 5. The number of hydrogen-bond donors (Lipinski definition) is 2. The van der Waals surface area contributed by atoms with Gasteiger partial charge >= 0.3 is 0 Å². The molecule has 0 aliphatic carbocycles. The van der Waals surface area contributed by atoms with Gasteiger partial charge in [-0.05, 0) is 31.3 Å². The number of likely N-dealkylation sites (N-methyl/N-ethyl adjacent to an activating group) is 1. The molecule has 0 aromatic heterocycles. The van der Waals surface area contributed by atoms with Crippen LogP contribution < -0.4 is 10.5 Å². The Hall–Kier alpha value is -1.15. The van der Waals surface area contributed by atoms with Gasteiger partial charge in [-0.3, -0.25) is 4.90 Å². The standard InChI is InChI=1S/C13H22N4O2S/c1-16-8-10-17(11-9-16)7-6-15-20(18,19)13-4-2-12(14)3-5-13/h2-5,15H,6-11,14H2,1H3. The number of piperazine rings is 1. The number of nitrogens with two attached hydrogens (primary N) is 1. The summed E-state index contributed by atoms with van der Waals surface area (Å²) in [6, 6.07) is 6.23. The van der Waals surface area contributed by atoms with Gasteiger partial charge in [0.1, 0.15) is 0 Å². The van der Waals surface area contributed by atoms with Gasteiger partial charge in [-0.2, -0.15) is 0 Å². The fraction of sp³-hybridized carbons (Fsp3) is 0.538. The lowest BCUT2D eigenvalue weighted by Gasteiger charge is -2.32. The third-order valence-corrected chi connectivity index (χ3v) is 4.98. The van der Waals surface area contributed by atoms with Crippen molar-refractivity contribution in [3.63, 3.8) is 0 Å². The molecule has 1 aliphatic heterocycles. The van der Waals surface area contributed by atoms with E-state index in [0.29, 0.717) is 12.2 Å². The number of rotatable bonds is 5. The van der Waals surface area contributed by atoms with Gasteiger partial charge in [0.15, 0.2) is 0 Å². The monoisotopic (exact) mass is 298 g/mol. The molecular weight excluding hydrogens is 276 g/mol. The molecule has 0 amide bonds. The van der Waals surface area contributed by atoms with Gasteiger partial charge in [0, 0.05) is 45.0 Å². The summed E-state index contributed by atoms with van der Waals surface area (Å²) in [6.45, 7) is 5.20. The SMILES string of the molecule is CN1CCN(CCNS(=O)(=O)c2ccc(N)cc2)CC1. The number of nitrogens with one attached hydrogen (secondary N) is 1. The summed E-state index contributed by atoms with van der Waals surface area (Å²) in [6.07, 6.45) is 0. The van der Waals surface area contributed by atoms with Crippen LogP contribution in [0.15, 0.2) is 29.2 Å². The largest absolute Gasteiger partial charge is 0.399 e. The molecule has 0 bridgehead atoms. The number of benzene rings is 1. The Morgan fingerprint density at radius 2 is 1.75 bits per heavy atom. The van der Waals surface area contributed by atoms with Crippen LogP contribution >= 0.6 is 0 Å². The minimum absolute atomic E-state index is 0.255. The molecule has 1 aromatic carbocycles. The lowest BCUT2D eigenvalue weighted by atomic mass is 10.3. The van der Waals surface area contributed by atoms with Crippen molar-refractivity contribution < 1.29 is 8.42 Å². The summed E-state index contributed by atoms with van der Waals surface area (Å²) in [5.74, 6) is 0. The number of anilines is 1. The highest BCUT2D eigenvalue weighted by Gasteiger charge is 2.16. The number of nitrogen functional groups attached to an aromatic ring is 1. The highest BCUT2D eigenvalue weighted by atomic mass is 32.2. The van der Waals surface area contributed by atoms with E-state index in [1.54, 1.807) is 12.1 Å². The average molecular weight is 298 g/mol. The normalized spacial score (nSPS) is 18.2. The van der Waals surface area contributed by atoms with E-state index in [1.807, 2.05) is 0 Å². The smallest absolute Gasteiger partial charge is 0.240 e. The maximum atomic E-state index is 12.1. The summed E-state index contributed by atoms with van der Waals surface area (Å²) in [4.78, 5) is 4.80. The number of nitrogens with zero attached hydrogens (tertiary/aromatic N) is 2. The van der Waals surface area contributed by atoms with Gasteiger partial charge in [-0.15, -0.1) is 0 Å². The molecule has 0 radical (unpaired) electrons. The fourth-order valence-corrected chi connectivity index (χ4v) is 3.16. The van der Waals surface area contributed by atoms with Crippen molar-refractivity contribution in [2.75, 3.05) is 52.0 Å². The zero-order chi connectivity index (χ0) is 14.6. The van der Waals surface area contributed by atoms with Crippen LogP contribution in [0, 0.1) is 0 Å². The van der Waals surface area contributed by atoms with Crippen LogP contribution in [0.3, 0.4) is 0 Å². The molecule has 7 heteroatoms. The first-order chi connectivity index (χ1) is 9.47. The predicted molar refractivity (Wildman–Crippen MR) is 80.0 cm³/mol. The zero-order valence-corrected chi connectivity index (χ0v) is 12.6. The van der Waals surface area contributed by atoms with Gasteiger partial charge in [0.25, 0.3) is 0 Å². The van der Waals surface area contributed by atoms with Crippen LogP contribution in [-0.4, -0.2) is 64.5 Å². The van der Waals surface area contributed by atoms with E-state index in [1.165, 1.54) is 12.1 Å². The molecule has 0 saturated carbocycles. The summed E-state index contributed by atoms with van der Waals surface area (Å²) in [7, 11) is -1.33. The maximum absolute atomic E-state index is 12.1. The molecule has 1 heterocycles. The van der Waals surface area contributed by atoms with E-state index in [9.17, 15) is 8.42 Å². The Kier molecular flexibility index (Phi) is 4.98. The highest BCUT2D eigenvalue weighted by Crippen LogP contribution is 2.11. The van der Waals surface area contributed by atoms with Crippen molar-refractivity contribution in [2.24, 2.45) is 0 Å². The summed E-state index contributed by atoms with van der Waals surface area (Å²) in [5, 5.41) is 0. The van der Waals surface area contributed by atoms with Crippen LogP contribution in [0.2, 0.25) is 0 Å². The zero-order valence-electron chi connectivity index (χ0n) is 11.7. The molecule has 6 nitrogen and oxygen atoms in total. The van der Waals surface area contributed by atoms with E-state index >= 15 is 0 Å². The van der Waals surface area contributed by atoms with Crippen LogP contribution in [0.25, 0.3) is 0 Å². The second-order valence-electron chi connectivity index (χ2n) is 5.11. The van der Waals surface area contributed by atoms with E-state index < -0.39 is 10.0 Å². The highest BCUT2D eigenvalue weighted by molar-refractivity contribution is 7.89. The molecule has 112 valence electrons. The van der Waals surface area contributed by atoms with Crippen LogP contribution in [0.1, 0.15) is 0 Å². The Morgan fingerprint density at radius 1 is 1.15 bits per heavy atom. The minimum atomic E-state index is -3.43. The average Bonchev–Trinajstić information content (AvgIpc) is 2.41. The Balaban J connectivity index is 1.82. The van der Waals surface area contributed by atoms with Crippen LogP contribution in [-0.2, 0) is 10.0 Å². The summed E-state index contributed by atoms with van der Waals surface area (Å²) in [5.41, 5.74) is 6.11. The quantitative estimate of drug-likeness (QED) is 0.736. The van der Waals surface area contributed by atoms with Gasteiger partial charge < -0.3 is 10.6 Å². The molecule has 20 heavy (non-hydrogen) atoms. The molecule has 0 atom stereocenters. The summed E-state index contributed by atoms with van der Waals surface area (Å²) >= 11 is 0. The van der Waals surface area contributed by atoms with Crippen molar-refractivity contribution >= 4 is 15.7 Å². The molecule has 0 spiro atoms. The van der Waals surface area contributed by atoms with Crippen molar-refractivity contribution in [2.45, 2.75) is 4.90 Å². The first-order valence-corrected chi connectivity index (χ1v) is 8.22. The number of sulfonamides is 1. The lowest BCUT2D eigenvalue weighted by Crippen LogP contribution is -2.46. The Bertz CT molecular complexity index is 522. The van der Waals surface area contributed by atoms with Gasteiger partial charge in [0.2, 0.25) is 10.0 Å². The summed E-state index contributed by atoms with van der Waals surface area (Å²) < 4.78 is 26.7. The fourth-order valence-electron chi connectivity index (χ4n) is 2.14. The van der Waals surface area contributed by atoms with Gasteiger partial charge in [-0.25, -0.2) is 13.1 Å². The third kappa shape index (κ3) is 4.17. The van der Waals surface area contributed by atoms with E-state index in [-0.39, 0.29) is 4.90 Å². The Morgan fingerprint density at radius 3 is 2.35 bits per heavy atom. The topological polar surface area (TPSA) is 78.7 Å². The maximum Gasteiger partial charge on any atom is 0.240 e. The molecule has 3 N–H and O–H groups in total. The second-order valence-corrected chi connectivity index (χ2v) is 6.88. The lowest BCUT2D eigenvalue weighted by molar-refractivity contribution is 0.156. The minimum Gasteiger partial charge on any atom is -0.399 e. The van der Waals surface area contributed by atoms with Crippen LogP contribution in [0.5, 0.6) is 0 Å². The van der Waals surface area contributed by atoms with Crippen LogP contribution in [0.4, 0.5) is 5.69 Å². The first kappa shape index (κ1) is 15.2. The third-order valence-electron chi connectivity index (χ3n) is 3.51. The molecule has 1 aromatic rings. The second kappa shape index (κ2) is 6.53. The molecular formula is C13H22N4O2S. The van der Waals surface area contributed by atoms with Crippen molar-refractivity contribution in [1.82, 2.24) is 14.5 Å². The predicted octanol–water partition coefficient (Wildman–Crippen LogP) is -0.205. The molecule has 2 rings (SSSR count). The van der Waals surface area contributed by atoms with Gasteiger partial charge in [-0.1, -0.05) is 0 Å². The Labute approximate surface area is 120 Å². The van der Waals surface area contributed by atoms with Gasteiger partial charge in [0.05, 0.1) is 4.90 Å². The van der Waals surface area contributed by atoms with E-state index in [0.717, 1.165) is 32.7 Å². The van der Waals surface area contributed by atoms with Crippen molar-refractivity contribution in [3.05, 3.63) is 24.3 Å².